The van der Waals surface area contributed by atoms with Gasteiger partial charge in [0.1, 0.15) is 11.6 Å². The number of likely N-dealkylation sites (N-methyl/N-ethyl adjacent to an activating group) is 1. The van der Waals surface area contributed by atoms with Crippen molar-refractivity contribution in [2.45, 2.75) is 0 Å². The molecule has 0 spiro atoms. The number of nitrogens with zero attached hydrogens (tertiary/aromatic N) is 5. The lowest BCUT2D eigenvalue weighted by Crippen LogP contribution is -2.22. The van der Waals surface area contributed by atoms with E-state index in [2.05, 4.69) is 15.0 Å². The van der Waals surface area contributed by atoms with Crippen LogP contribution in [0, 0.1) is 0 Å². The molecule has 1 aromatic carbocycles. The molecule has 27 heavy (non-hydrogen) atoms. The maximum atomic E-state index is 9.08. The first-order valence-electron chi connectivity index (χ1n) is 8.59. The number of fused-ring (bicyclic) bond motifs is 1. The maximum absolute atomic E-state index is 9.08. The molecule has 0 radical (unpaired) electrons. The highest BCUT2D eigenvalue weighted by atomic mass is 35.5. The number of pyridine rings is 1. The minimum absolute atomic E-state index is 0.0838. The average Bonchev–Trinajstić information content (AvgIpc) is 2.66. The number of aliphatic hydroxyl groups excluding tert-OH is 1. The topological polar surface area (TPSA) is 65.4 Å². The first-order chi connectivity index (χ1) is 13.0. The van der Waals surface area contributed by atoms with Gasteiger partial charge in [0.2, 0.25) is 0 Å². The zero-order valence-corrected chi connectivity index (χ0v) is 16.4. The van der Waals surface area contributed by atoms with E-state index >= 15 is 0 Å². The Labute approximate surface area is 163 Å². The fourth-order valence-corrected chi connectivity index (χ4v) is 2.86. The van der Waals surface area contributed by atoms with Crippen LogP contribution in [0.1, 0.15) is 11.5 Å². The molecule has 0 bridgehead atoms. The highest BCUT2D eigenvalue weighted by Crippen LogP contribution is 2.26. The van der Waals surface area contributed by atoms with E-state index in [0.29, 0.717) is 17.4 Å². The van der Waals surface area contributed by atoms with E-state index < -0.39 is 0 Å². The third-order valence-corrected chi connectivity index (χ3v) is 4.30. The Balaban J connectivity index is 1.94. The Kier molecular flexibility index (Phi) is 5.88. The Morgan fingerprint density at radius 2 is 1.85 bits per heavy atom. The highest BCUT2D eigenvalue weighted by molar-refractivity contribution is 6.31. The van der Waals surface area contributed by atoms with Crippen molar-refractivity contribution in [3.8, 4) is 0 Å². The van der Waals surface area contributed by atoms with Crippen molar-refractivity contribution in [3.63, 3.8) is 0 Å². The maximum Gasteiger partial charge on any atom is 0.155 e. The van der Waals surface area contributed by atoms with E-state index in [1.54, 1.807) is 0 Å². The summed E-state index contributed by atoms with van der Waals surface area (Å²) in [6.07, 6.45) is 3.73. The number of aromatic nitrogens is 3. The van der Waals surface area contributed by atoms with E-state index in [-0.39, 0.29) is 6.61 Å². The molecule has 0 fully saturated rings. The molecule has 140 valence electrons. The summed E-state index contributed by atoms with van der Waals surface area (Å²) in [4.78, 5) is 17.7. The van der Waals surface area contributed by atoms with Gasteiger partial charge >= 0.3 is 0 Å². The molecule has 0 saturated heterocycles. The van der Waals surface area contributed by atoms with Crippen LogP contribution >= 0.6 is 11.6 Å². The second-order valence-electron chi connectivity index (χ2n) is 6.36. The van der Waals surface area contributed by atoms with Gasteiger partial charge in [-0.1, -0.05) is 17.7 Å². The van der Waals surface area contributed by atoms with E-state index in [4.69, 9.17) is 16.7 Å². The molecular weight excluding hydrogens is 362 g/mol. The summed E-state index contributed by atoms with van der Waals surface area (Å²) >= 11 is 6.12. The Morgan fingerprint density at radius 1 is 1.04 bits per heavy atom. The van der Waals surface area contributed by atoms with Crippen molar-refractivity contribution in [2.24, 2.45) is 0 Å². The summed E-state index contributed by atoms with van der Waals surface area (Å²) in [6.45, 7) is 0.614. The first-order valence-corrected chi connectivity index (χ1v) is 8.97. The van der Waals surface area contributed by atoms with Crippen molar-refractivity contribution in [2.75, 3.05) is 44.1 Å². The summed E-state index contributed by atoms with van der Waals surface area (Å²) < 4.78 is 0. The molecule has 0 aliphatic heterocycles. The van der Waals surface area contributed by atoms with Gasteiger partial charge in [-0.15, -0.1) is 0 Å². The lowest BCUT2D eigenvalue weighted by Gasteiger charge is -2.16. The second-order valence-corrected chi connectivity index (χ2v) is 6.80. The van der Waals surface area contributed by atoms with E-state index in [1.807, 2.05) is 79.5 Å². The van der Waals surface area contributed by atoms with Gasteiger partial charge in [-0.05, 0) is 42.5 Å². The van der Waals surface area contributed by atoms with Crippen LogP contribution in [0.25, 0.3) is 23.1 Å². The van der Waals surface area contributed by atoms with E-state index in [0.717, 1.165) is 28.2 Å². The minimum atomic E-state index is 0.0838. The molecule has 7 heteroatoms. The first kappa shape index (κ1) is 19.1. The second kappa shape index (κ2) is 8.33. The lowest BCUT2D eigenvalue weighted by atomic mass is 10.2. The lowest BCUT2D eigenvalue weighted by molar-refractivity contribution is 0.304. The van der Waals surface area contributed by atoms with Crippen molar-refractivity contribution in [3.05, 3.63) is 52.9 Å². The molecule has 2 aromatic heterocycles. The monoisotopic (exact) mass is 383 g/mol. The molecule has 0 amide bonds. The van der Waals surface area contributed by atoms with Gasteiger partial charge in [-0.25, -0.2) is 15.0 Å². The van der Waals surface area contributed by atoms with Crippen molar-refractivity contribution >= 4 is 46.3 Å². The summed E-state index contributed by atoms with van der Waals surface area (Å²) in [5.74, 6) is 2.21. The number of hydrogen-bond donors (Lipinski definition) is 1. The quantitative estimate of drug-likeness (QED) is 0.704. The Bertz CT molecular complexity index is 974. The molecule has 3 aromatic rings. The number of hydrogen-bond acceptors (Lipinski definition) is 6. The van der Waals surface area contributed by atoms with E-state index in [1.165, 1.54) is 0 Å². The Hall–Kier alpha value is -2.70. The third kappa shape index (κ3) is 4.53. The molecule has 0 atom stereocenters. The van der Waals surface area contributed by atoms with Gasteiger partial charge in [0.15, 0.2) is 5.82 Å². The number of rotatable bonds is 6. The number of anilines is 2. The summed E-state index contributed by atoms with van der Waals surface area (Å²) in [5.41, 5.74) is 1.63. The van der Waals surface area contributed by atoms with Gasteiger partial charge in [0, 0.05) is 38.1 Å². The van der Waals surface area contributed by atoms with Crippen LogP contribution in [-0.2, 0) is 0 Å². The van der Waals surface area contributed by atoms with Gasteiger partial charge in [0.05, 0.1) is 17.8 Å². The van der Waals surface area contributed by atoms with Crippen LogP contribution < -0.4 is 9.80 Å². The predicted molar refractivity (Wildman–Crippen MR) is 112 cm³/mol. The number of aliphatic hydroxyl groups is 1. The zero-order chi connectivity index (χ0) is 19.4. The third-order valence-electron chi connectivity index (χ3n) is 4.06. The molecule has 0 aliphatic carbocycles. The van der Waals surface area contributed by atoms with Crippen LogP contribution in [0.15, 0.2) is 36.4 Å². The highest BCUT2D eigenvalue weighted by Gasteiger charge is 2.09. The molecular formula is C20H22ClN5O. The van der Waals surface area contributed by atoms with Gasteiger partial charge in [-0.2, -0.15) is 0 Å². The van der Waals surface area contributed by atoms with Crippen LogP contribution in [0.3, 0.4) is 0 Å². The smallest absolute Gasteiger partial charge is 0.155 e. The van der Waals surface area contributed by atoms with Crippen molar-refractivity contribution in [1.29, 1.82) is 0 Å². The summed E-state index contributed by atoms with van der Waals surface area (Å²) in [5, 5.41) is 10.7. The van der Waals surface area contributed by atoms with Crippen molar-refractivity contribution < 1.29 is 5.11 Å². The summed E-state index contributed by atoms with van der Waals surface area (Å²) in [7, 11) is 5.78. The molecule has 3 rings (SSSR count). The summed E-state index contributed by atoms with van der Waals surface area (Å²) in [6, 6.07) is 11.4. The normalized spacial score (nSPS) is 11.3. The van der Waals surface area contributed by atoms with Crippen LogP contribution in [0.2, 0.25) is 5.02 Å². The Morgan fingerprint density at radius 3 is 2.59 bits per heavy atom. The molecule has 2 heterocycles. The van der Waals surface area contributed by atoms with Crippen LogP contribution in [0.4, 0.5) is 11.6 Å². The number of benzene rings is 1. The van der Waals surface area contributed by atoms with Gasteiger partial charge in [-0.3, -0.25) is 0 Å². The minimum Gasteiger partial charge on any atom is -0.395 e. The zero-order valence-electron chi connectivity index (χ0n) is 15.6. The SMILES string of the molecule is CN(C)c1nc(C=Cc2cccc(N(C)CCO)n2)nc2ccc(Cl)cc12. The van der Waals surface area contributed by atoms with Crippen LogP contribution in [0.5, 0.6) is 0 Å². The molecule has 0 saturated carbocycles. The van der Waals surface area contributed by atoms with Crippen molar-refractivity contribution in [1.82, 2.24) is 15.0 Å². The van der Waals surface area contributed by atoms with Crippen LogP contribution in [-0.4, -0.2) is 54.4 Å². The number of halogens is 1. The predicted octanol–water partition coefficient (Wildman–Crippen LogP) is 3.34. The standard InChI is InChI=1S/C20H22ClN5O/c1-25(2)20-16-13-14(21)7-9-17(16)23-18(24-20)10-8-15-5-4-6-19(22-15)26(3)11-12-27/h4-10,13,27H,11-12H2,1-3H3. The fraction of sp³-hybridized carbons (Fsp3) is 0.250. The molecule has 6 nitrogen and oxygen atoms in total. The van der Waals surface area contributed by atoms with E-state index in [9.17, 15) is 0 Å². The largest absolute Gasteiger partial charge is 0.395 e. The fourth-order valence-electron chi connectivity index (χ4n) is 2.69. The van der Waals surface area contributed by atoms with Gasteiger partial charge < -0.3 is 14.9 Å². The molecule has 0 aliphatic rings. The molecule has 1 N–H and O–H groups in total. The average molecular weight is 384 g/mol. The molecule has 0 unspecified atom stereocenters. The van der Waals surface area contributed by atoms with Gasteiger partial charge in [0.25, 0.3) is 0 Å².